The monoisotopic (exact) mass is 332 g/mol. The molecule has 3 aromatic heterocycles. The summed E-state index contributed by atoms with van der Waals surface area (Å²) in [6.45, 7) is 0. The van der Waals surface area contributed by atoms with Gasteiger partial charge in [-0.05, 0) is 37.7 Å². The third kappa shape index (κ3) is 2.73. The van der Waals surface area contributed by atoms with Crippen LogP contribution in [0, 0.1) is 5.92 Å². The minimum Gasteiger partial charge on any atom is -0.346 e. The first kappa shape index (κ1) is 14.7. The summed E-state index contributed by atoms with van der Waals surface area (Å²) in [5, 5.41) is 1.10. The largest absolute Gasteiger partial charge is 0.346 e. The van der Waals surface area contributed by atoms with Gasteiger partial charge in [0, 0.05) is 23.9 Å². The molecular formula is C16H20N4O2S. The third-order valence-electron chi connectivity index (χ3n) is 4.87. The molecule has 0 saturated heterocycles. The van der Waals surface area contributed by atoms with Crippen LogP contribution in [-0.4, -0.2) is 39.9 Å². The smallest absolute Gasteiger partial charge is 0.147 e. The van der Waals surface area contributed by atoms with Gasteiger partial charge in [-0.1, -0.05) is 0 Å². The standard InChI is InChI=1S/C16H20N4O2S/c1-23(21,22)9-11-2-4-12(5-3-11)20-10-19-14-8-18-16-13(15(14)20)6-7-17-16/h6-8,10-12H,2-5,9H2,1H3,(H,17,18). The lowest BCUT2D eigenvalue weighted by Gasteiger charge is -2.29. The summed E-state index contributed by atoms with van der Waals surface area (Å²) in [5.41, 5.74) is 2.92. The second-order valence-corrected chi connectivity index (χ2v) is 8.84. The van der Waals surface area contributed by atoms with Crippen LogP contribution in [0.25, 0.3) is 22.1 Å². The summed E-state index contributed by atoms with van der Waals surface area (Å²) >= 11 is 0. The number of hydrogen-bond acceptors (Lipinski definition) is 4. The van der Waals surface area contributed by atoms with Crippen molar-refractivity contribution in [2.75, 3.05) is 12.0 Å². The average molecular weight is 332 g/mol. The van der Waals surface area contributed by atoms with E-state index in [1.807, 2.05) is 18.6 Å². The SMILES string of the molecule is CS(=O)(=O)CC1CCC(n2cnc3cnc4[nH]ccc4c32)CC1. The molecule has 0 amide bonds. The first-order chi connectivity index (χ1) is 11.0. The van der Waals surface area contributed by atoms with Crippen molar-refractivity contribution in [3.63, 3.8) is 0 Å². The van der Waals surface area contributed by atoms with Crippen molar-refractivity contribution < 1.29 is 8.42 Å². The number of aromatic nitrogens is 4. The van der Waals surface area contributed by atoms with Crippen molar-refractivity contribution in [1.29, 1.82) is 0 Å². The fourth-order valence-electron chi connectivity index (χ4n) is 3.83. The number of fused-ring (bicyclic) bond motifs is 3. The maximum atomic E-state index is 11.5. The van der Waals surface area contributed by atoms with Gasteiger partial charge in [-0.2, -0.15) is 0 Å². The van der Waals surface area contributed by atoms with E-state index < -0.39 is 9.84 Å². The first-order valence-electron chi connectivity index (χ1n) is 7.97. The number of rotatable bonds is 3. The van der Waals surface area contributed by atoms with E-state index >= 15 is 0 Å². The van der Waals surface area contributed by atoms with E-state index in [9.17, 15) is 8.42 Å². The van der Waals surface area contributed by atoms with E-state index in [1.165, 1.54) is 6.26 Å². The van der Waals surface area contributed by atoms with E-state index in [4.69, 9.17) is 0 Å². The molecule has 1 aliphatic carbocycles. The van der Waals surface area contributed by atoms with Gasteiger partial charge >= 0.3 is 0 Å². The van der Waals surface area contributed by atoms with E-state index in [0.717, 1.165) is 47.8 Å². The quantitative estimate of drug-likeness (QED) is 0.799. The second-order valence-electron chi connectivity index (χ2n) is 6.65. The topological polar surface area (TPSA) is 80.6 Å². The average Bonchev–Trinajstić information content (AvgIpc) is 3.12. The normalized spacial score (nSPS) is 22.8. The van der Waals surface area contributed by atoms with Crippen molar-refractivity contribution in [3.05, 3.63) is 24.8 Å². The Morgan fingerprint density at radius 3 is 2.78 bits per heavy atom. The van der Waals surface area contributed by atoms with Gasteiger partial charge < -0.3 is 9.55 Å². The molecule has 1 N–H and O–H groups in total. The van der Waals surface area contributed by atoms with Crippen LogP contribution in [0.15, 0.2) is 24.8 Å². The molecule has 3 aromatic rings. The van der Waals surface area contributed by atoms with Crippen molar-refractivity contribution in [2.45, 2.75) is 31.7 Å². The fraction of sp³-hybridized carbons (Fsp3) is 0.500. The highest BCUT2D eigenvalue weighted by molar-refractivity contribution is 7.90. The molecule has 0 bridgehead atoms. The molecule has 4 rings (SSSR count). The van der Waals surface area contributed by atoms with Crippen molar-refractivity contribution >= 4 is 31.9 Å². The Bertz CT molecular complexity index is 949. The van der Waals surface area contributed by atoms with Crippen LogP contribution < -0.4 is 0 Å². The molecule has 0 radical (unpaired) electrons. The lowest BCUT2D eigenvalue weighted by molar-refractivity contribution is 0.295. The summed E-state index contributed by atoms with van der Waals surface area (Å²) in [6, 6.07) is 2.43. The molecule has 7 heteroatoms. The molecule has 23 heavy (non-hydrogen) atoms. The Morgan fingerprint density at radius 2 is 2.04 bits per heavy atom. The number of hydrogen-bond donors (Lipinski definition) is 1. The second kappa shape index (κ2) is 5.33. The summed E-state index contributed by atoms with van der Waals surface area (Å²) in [6.07, 6.45) is 10.9. The van der Waals surface area contributed by atoms with Crippen LogP contribution >= 0.6 is 0 Å². The molecule has 1 fully saturated rings. The molecule has 0 spiro atoms. The van der Waals surface area contributed by atoms with Gasteiger partial charge in [0.15, 0.2) is 0 Å². The predicted molar refractivity (Wildman–Crippen MR) is 90.1 cm³/mol. The molecule has 6 nitrogen and oxygen atoms in total. The van der Waals surface area contributed by atoms with Gasteiger partial charge in [0.05, 0.1) is 23.8 Å². The molecule has 0 atom stereocenters. The number of pyridine rings is 1. The van der Waals surface area contributed by atoms with Gasteiger partial charge in [-0.3, -0.25) is 0 Å². The lowest BCUT2D eigenvalue weighted by Crippen LogP contribution is -2.23. The Kier molecular flexibility index (Phi) is 3.41. The number of H-pyrrole nitrogens is 1. The zero-order valence-electron chi connectivity index (χ0n) is 13.1. The van der Waals surface area contributed by atoms with Crippen molar-refractivity contribution in [3.8, 4) is 0 Å². The third-order valence-corrected chi connectivity index (χ3v) is 5.94. The highest BCUT2D eigenvalue weighted by Crippen LogP contribution is 2.35. The first-order valence-corrected chi connectivity index (χ1v) is 10.0. The minimum absolute atomic E-state index is 0.296. The number of sulfone groups is 1. The minimum atomic E-state index is -2.88. The van der Waals surface area contributed by atoms with Gasteiger partial charge in [-0.15, -0.1) is 0 Å². The van der Waals surface area contributed by atoms with Crippen LogP contribution in [0.5, 0.6) is 0 Å². The van der Waals surface area contributed by atoms with E-state index in [1.54, 1.807) is 6.20 Å². The highest BCUT2D eigenvalue weighted by atomic mass is 32.2. The highest BCUT2D eigenvalue weighted by Gasteiger charge is 2.26. The summed E-state index contributed by atoms with van der Waals surface area (Å²) in [4.78, 5) is 12.0. The van der Waals surface area contributed by atoms with Gasteiger partial charge in [0.2, 0.25) is 0 Å². The predicted octanol–water partition coefficient (Wildman–Crippen LogP) is 2.69. The lowest BCUT2D eigenvalue weighted by atomic mass is 9.87. The van der Waals surface area contributed by atoms with E-state index in [0.29, 0.717) is 17.7 Å². The number of imidazole rings is 1. The fourth-order valence-corrected chi connectivity index (χ4v) is 5.02. The molecule has 0 unspecified atom stereocenters. The maximum absolute atomic E-state index is 11.5. The number of nitrogens with one attached hydrogen (secondary N) is 1. The van der Waals surface area contributed by atoms with Crippen molar-refractivity contribution in [1.82, 2.24) is 19.5 Å². The Hall–Kier alpha value is -1.89. The molecule has 1 saturated carbocycles. The van der Waals surface area contributed by atoms with E-state index in [-0.39, 0.29) is 0 Å². The molecule has 0 aliphatic heterocycles. The number of nitrogens with zero attached hydrogens (tertiary/aromatic N) is 3. The number of aromatic amines is 1. The summed E-state index contributed by atoms with van der Waals surface area (Å²) < 4.78 is 25.2. The van der Waals surface area contributed by atoms with Crippen molar-refractivity contribution in [2.24, 2.45) is 5.92 Å². The Labute approximate surface area is 134 Å². The van der Waals surface area contributed by atoms with Gasteiger partial charge in [0.1, 0.15) is 21.0 Å². The molecule has 1 aliphatic rings. The molecule has 122 valence electrons. The van der Waals surface area contributed by atoms with Crippen LogP contribution in [-0.2, 0) is 9.84 Å². The molecule has 0 aromatic carbocycles. The maximum Gasteiger partial charge on any atom is 0.147 e. The Balaban J connectivity index is 1.62. The van der Waals surface area contributed by atoms with Crippen LogP contribution in [0.3, 0.4) is 0 Å². The summed E-state index contributed by atoms with van der Waals surface area (Å²) in [7, 11) is -2.88. The zero-order valence-corrected chi connectivity index (χ0v) is 13.9. The summed E-state index contributed by atoms with van der Waals surface area (Å²) in [5.74, 6) is 0.612. The van der Waals surface area contributed by atoms with Gasteiger partial charge in [-0.25, -0.2) is 18.4 Å². The molecule has 3 heterocycles. The van der Waals surface area contributed by atoms with E-state index in [2.05, 4.69) is 19.5 Å². The van der Waals surface area contributed by atoms with Crippen LogP contribution in [0.2, 0.25) is 0 Å². The van der Waals surface area contributed by atoms with Crippen LogP contribution in [0.1, 0.15) is 31.7 Å². The van der Waals surface area contributed by atoms with Gasteiger partial charge in [0.25, 0.3) is 0 Å². The zero-order chi connectivity index (χ0) is 16.0. The molecular weight excluding hydrogens is 312 g/mol. The van der Waals surface area contributed by atoms with Crippen LogP contribution in [0.4, 0.5) is 0 Å². The Morgan fingerprint density at radius 1 is 1.26 bits per heavy atom.